The Hall–Kier alpha value is -2.53. The predicted molar refractivity (Wildman–Crippen MR) is 107 cm³/mol. The molecule has 1 heterocycles. The summed E-state index contributed by atoms with van der Waals surface area (Å²) in [7, 11) is 0. The highest BCUT2D eigenvalue weighted by molar-refractivity contribution is 7.18. The summed E-state index contributed by atoms with van der Waals surface area (Å²) in [5.74, 6) is -0.0420. The van der Waals surface area contributed by atoms with Crippen LogP contribution in [-0.2, 0) is 16.6 Å². The van der Waals surface area contributed by atoms with Crippen molar-refractivity contribution >= 4 is 22.4 Å². The van der Waals surface area contributed by atoms with Crippen molar-refractivity contribution in [3.05, 3.63) is 65.7 Å². The van der Waals surface area contributed by atoms with Gasteiger partial charge in [0.25, 0.3) is 0 Å². The average Bonchev–Trinajstić information content (AvgIpc) is 3.09. The Kier molecular flexibility index (Phi) is 5.47. The van der Waals surface area contributed by atoms with Gasteiger partial charge in [-0.3, -0.25) is 4.79 Å². The SMILES string of the molecule is CC(C)(C)c1ccc(-c2nnc(NC(=O)CCc3ccccc3)s2)cc1. The fraction of sp³-hybridized carbons (Fsp3) is 0.286. The van der Waals surface area contributed by atoms with Crippen LogP contribution in [0.3, 0.4) is 0 Å². The van der Waals surface area contributed by atoms with Crippen LogP contribution in [0.5, 0.6) is 0 Å². The zero-order chi connectivity index (χ0) is 18.6. The first-order valence-electron chi connectivity index (χ1n) is 8.70. The lowest BCUT2D eigenvalue weighted by molar-refractivity contribution is -0.116. The molecule has 3 rings (SSSR count). The van der Waals surface area contributed by atoms with E-state index in [1.165, 1.54) is 16.9 Å². The van der Waals surface area contributed by atoms with Gasteiger partial charge in [0.1, 0.15) is 5.01 Å². The molecule has 0 atom stereocenters. The number of carbonyl (C=O) groups is 1. The second kappa shape index (κ2) is 7.79. The summed E-state index contributed by atoms with van der Waals surface area (Å²) in [6.07, 6.45) is 1.14. The number of nitrogens with zero attached hydrogens (tertiary/aromatic N) is 2. The minimum Gasteiger partial charge on any atom is -0.301 e. The third-order valence-corrected chi connectivity index (χ3v) is 5.04. The Labute approximate surface area is 158 Å². The molecule has 1 amide bonds. The molecule has 134 valence electrons. The highest BCUT2D eigenvalue weighted by atomic mass is 32.1. The molecule has 3 aromatic rings. The number of rotatable bonds is 5. The van der Waals surface area contributed by atoms with Crippen LogP contribution in [0.2, 0.25) is 0 Å². The molecule has 1 aromatic heterocycles. The maximum atomic E-state index is 12.1. The predicted octanol–water partition coefficient (Wildman–Crippen LogP) is 5.07. The van der Waals surface area contributed by atoms with E-state index in [1.807, 2.05) is 30.3 Å². The molecule has 0 saturated heterocycles. The van der Waals surface area contributed by atoms with Crippen LogP contribution in [0, 0.1) is 0 Å². The smallest absolute Gasteiger partial charge is 0.226 e. The summed E-state index contributed by atoms with van der Waals surface area (Å²) in [6.45, 7) is 6.57. The Morgan fingerprint density at radius 2 is 1.69 bits per heavy atom. The molecular formula is C21H23N3OS. The molecule has 5 heteroatoms. The van der Waals surface area contributed by atoms with Crippen molar-refractivity contribution in [3.63, 3.8) is 0 Å². The zero-order valence-electron chi connectivity index (χ0n) is 15.3. The monoisotopic (exact) mass is 365 g/mol. The number of carbonyl (C=O) groups excluding carboxylic acids is 1. The Bertz CT molecular complexity index is 864. The van der Waals surface area contributed by atoms with E-state index in [9.17, 15) is 4.79 Å². The Morgan fingerprint density at radius 1 is 1.00 bits per heavy atom. The van der Waals surface area contributed by atoms with Gasteiger partial charge >= 0.3 is 0 Å². The maximum Gasteiger partial charge on any atom is 0.226 e. The summed E-state index contributed by atoms with van der Waals surface area (Å²) in [6, 6.07) is 18.3. The Morgan fingerprint density at radius 3 is 2.35 bits per heavy atom. The maximum absolute atomic E-state index is 12.1. The fourth-order valence-electron chi connectivity index (χ4n) is 2.59. The van der Waals surface area contributed by atoms with E-state index < -0.39 is 0 Å². The van der Waals surface area contributed by atoms with Crippen LogP contribution >= 0.6 is 11.3 Å². The highest BCUT2D eigenvalue weighted by Crippen LogP contribution is 2.29. The molecule has 4 nitrogen and oxygen atoms in total. The van der Waals surface area contributed by atoms with E-state index in [2.05, 4.69) is 60.6 Å². The molecule has 0 bridgehead atoms. The van der Waals surface area contributed by atoms with Crippen molar-refractivity contribution in [2.24, 2.45) is 0 Å². The van der Waals surface area contributed by atoms with Crippen LogP contribution < -0.4 is 5.32 Å². The average molecular weight is 366 g/mol. The van der Waals surface area contributed by atoms with Gasteiger partial charge in [0.05, 0.1) is 0 Å². The molecule has 0 saturated carbocycles. The molecule has 0 aliphatic heterocycles. The molecule has 26 heavy (non-hydrogen) atoms. The molecular weight excluding hydrogens is 342 g/mol. The first kappa shape index (κ1) is 18.3. The van der Waals surface area contributed by atoms with Gasteiger partial charge in [-0.25, -0.2) is 0 Å². The van der Waals surface area contributed by atoms with E-state index in [4.69, 9.17) is 0 Å². The van der Waals surface area contributed by atoms with Gasteiger partial charge in [0.15, 0.2) is 0 Å². The van der Waals surface area contributed by atoms with Crippen molar-refractivity contribution < 1.29 is 4.79 Å². The lowest BCUT2D eigenvalue weighted by Crippen LogP contribution is -2.12. The lowest BCUT2D eigenvalue weighted by Gasteiger charge is -2.18. The number of hydrogen-bond donors (Lipinski definition) is 1. The second-order valence-corrected chi connectivity index (χ2v) is 8.25. The lowest BCUT2D eigenvalue weighted by atomic mass is 9.87. The third kappa shape index (κ3) is 4.76. The van der Waals surface area contributed by atoms with Gasteiger partial charge in [-0.2, -0.15) is 0 Å². The van der Waals surface area contributed by atoms with Gasteiger partial charge in [-0.1, -0.05) is 86.7 Å². The van der Waals surface area contributed by atoms with Crippen LogP contribution in [0.4, 0.5) is 5.13 Å². The van der Waals surface area contributed by atoms with Gasteiger partial charge < -0.3 is 5.32 Å². The van der Waals surface area contributed by atoms with Crippen molar-refractivity contribution in [1.29, 1.82) is 0 Å². The van der Waals surface area contributed by atoms with E-state index in [-0.39, 0.29) is 11.3 Å². The standard InChI is InChI=1S/C21H23N3OS/c1-21(2,3)17-12-10-16(11-13-17)19-23-24-20(26-19)22-18(25)14-9-15-7-5-4-6-8-15/h4-8,10-13H,9,14H2,1-3H3,(H,22,24,25). The van der Waals surface area contributed by atoms with Crippen molar-refractivity contribution in [3.8, 4) is 10.6 Å². The van der Waals surface area contributed by atoms with Crippen LogP contribution in [0.15, 0.2) is 54.6 Å². The molecule has 0 fully saturated rings. The number of nitrogens with one attached hydrogen (secondary N) is 1. The number of aryl methyl sites for hydroxylation is 1. The summed E-state index contributed by atoms with van der Waals surface area (Å²) in [4.78, 5) is 12.1. The van der Waals surface area contributed by atoms with Crippen molar-refractivity contribution in [2.45, 2.75) is 39.0 Å². The Balaban J connectivity index is 1.60. The minimum atomic E-state index is -0.0420. The summed E-state index contributed by atoms with van der Waals surface area (Å²) < 4.78 is 0. The number of amides is 1. The van der Waals surface area contributed by atoms with Crippen molar-refractivity contribution in [1.82, 2.24) is 10.2 Å². The van der Waals surface area contributed by atoms with E-state index in [0.29, 0.717) is 18.0 Å². The largest absolute Gasteiger partial charge is 0.301 e. The first-order valence-corrected chi connectivity index (χ1v) is 9.52. The fourth-order valence-corrected chi connectivity index (χ4v) is 3.35. The van der Waals surface area contributed by atoms with Crippen LogP contribution in [0.1, 0.15) is 38.3 Å². The summed E-state index contributed by atoms with van der Waals surface area (Å²) >= 11 is 1.40. The normalized spacial score (nSPS) is 11.3. The number of benzene rings is 2. The number of aromatic nitrogens is 2. The second-order valence-electron chi connectivity index (χ2n) is 7.27. The third-order valence-electron chi connectivity index (χ3n) is 4.15. The van der Waals surface area contributed by atoms with Gasteiger partial charge in [0, 0.05) is 12.0 Å². The number of hydrogen-bond acceptors (Lipinski definition) is 4. The van der Waals surface area contributed by atoms with Crippen LogP contribution in [-0.4, -0.2) is 16.1 Å². The van der Waals surface area contributed by atoms with Gasteiger partial charge in [-0.15, -0.1) is 10.2 Å². The molecule has 0 radical (unpaired) electrons. The van der Waals surface area contributed by atoms with E-state index in [1.54, 1.807) is 0 Å². The topological polar surface area (TPSA) is 54.9 Å². The van der Waals surface area contributed by atoms with E-state index >= 15 is 0 Å². The molecule has 0 unspecified atom stereocenters. The molecule has 1 N–H and O–H groups in total. The van der Waals surface area contributed by atoms with Crippen LogP contribution in [0.25, 0.3) is 10.6 Å². The molecule has 0 spiro atoms. The van der Waals surface area contributed by atoms with Gasteiger partial charge in [0.2, 0.25) is 11.0 Å². The quantitative estimate of drug-likeness (QED) is 0.686. The van der Waals surface area contributed by atoms with Crippen molar-refractivity contribution in [2.75, 3.05) is 5.32 Å². The summed E-state index contributed by atoms with van der Waals surface area (Å²) in [5.41, 5.74) is 3.57. The first-order chi connectivity index (χ1) is 12.4. The zero-order valence-corrected chi connectivity index (χ0v) is 16.1. The van der Waals surface area contributed by atoms with E-state index in [0.717, 1.165) is 16.1 Å². The minimum absolute atomic E-state index is 0.0420. The molecule has 0 aliphatic rings. The molecule has 2 aromatic carbocycles. The number of anilines is 1. The summed E-state index contributed by atoms with van der Waals surface area (Å²) in [5, 5.41) is 12.5. The van der Waals surface area contributed by atoms with Gasteiger partial charge in [-0.05, 0) is 23.0 Å². The molecule has 0 aliphatic carbocycles. The highest BCUT2D eigenvalue weighted by Gasteiger charge is 2.14.